The zero-order valence-corrected chi connectivity index (χ0v) is 15.9. The minimum atomic E-state index is -0.826. The Morgan fingerprint density at radius 2 is 1.71 bits per heavy atom. The molecule has 0 aromatic heterocycles. The van der Waals surface area contributed by atoms with E-state index < -0.39 is 20.8 Å². The van der Waals surface area contributed by atoms with Gasteiger partial charge in [0.05, 0.1) is 0 Å². The molecule has 0 heterocycles. The van der Waals surface area contributed by atoms with E-state index in [0.717, 1.165) is 0 Å². The second-order valence-corrected chi connectivity index (χ2v) is 8.59. The van der Waals surface area contributed by atoms with E-state index in [9.17, 15) is 0 Å². The van der Waals surface area contributed by atoms with Crippen molar-refractivity contribution >= 4 is 27.8 Å². The Kier molecular flexibility index (Phi) is 7.10. The van der Waals surface area contributed by atoms with Crippen molar-refractivity contribution in [3.63, 3.8) is 0 Å². The second kappa shape index (κ2) is 8.83. The van der Waals surface area contributed by atoms with Gasteiger partial charge in [0.15, 0.2) is 0 Å². The molecular formula is C18H17Cl2Zr-. The first-order valence-electron chi connectivity index (χ1n) is 7.00. The van der Waals surface area contributed by atoms with Crippen LogP contribution in [0, 0.1) is 0 Å². The first-order valence-corrected chi connectivity index (χ1v) is 13.3. The minimum absolute atomic E-state index is 0.826. The van der Waals surface area contributed by atoms with Crippen LogP contribution in [0.25, 0.3) is 21.9 Å². The Morgan fingerprint density at radius 1 is 1.00 bits per heavy atom. The van der Waals surface area contributed by atoms with Gasteiger partial charge in [-0.3, -0.25) is 0 Å². The van der Waals surface area contributed by atoms with Crippen molar-refractivity contribution in [1.29, 1.82) is 0 Å². The van der Waals surface area contributed by atoms with Crippen LogP contribution in [0.4, 0.5) is 0 Å². The van der Waals surface area contributed by atoms with Gasteiger partial charge in [-0.25, -0.2) is 0 Å². The fourth-order valence-corrected chi connectivity index (χ4v) is 2.60. The van der Waals surface area contributed by atoms with Crippen molar-refractivity contribution in [3.05, 3.63) is 66.2 Å². The van der Waals surface area contributed by atoms with E-state index in [1.165, 1.54) is 40.3 Å². The van der Waals surface area contributed by atoms with Crippen molar-refractivity contribution in [2.45, 2.75) is 19.8 Å². The molecule has 0 saturated carbocycles. The molecule has 0 aliphatic rings. The van der Waals surface area contributed by atoms with E-state index >= 15 is 0 Å². The van der Waals surface area contributed by atoms with E-state index in [0.29, 0.717) is 0 Å². The summed E-state index contributed by atoms with van der Waals surface area (Å²) in [5.74, 6) is 0. The average Bonchev–Trinajstić information content (AvgIpc) is 2.91. The van der Waals surface area contributed by atoms with Crippen molar-refractivity contribution < 1.29 is 20.8 Å². The average molecular weight is 395 g/mol. The zero-order chi connectivity index (χ0) is 15.1. The maximum atomic E-state index is 4.93. The molecule has 3 aromatic carbocycles. The number of rotatable bonds is 3. The summed E-state index contributed by atoms with van der Waals surface area (Å²) < 4.78 is 0. The number of halogens is 2. The summed E-state index contributed by atoms with van der Waals surface area (Å²) in [6.07, 6.45) is 2.37. The number of hydrogen-bond acceptors (Lipinski definition) is 0. The molecule has 0 spiro atoms. The predicted octanol–water partition coefficient (Wildman–Crippen LogP) is 6.55. The first-order chi connectivity index (χ1) is 10.3. The molecule has 0 unspecified atom stereocenters. The summed E-state index contributed by atoms with van der Waals surface area (Å²) in [5, 5.41) is 2.74. The molecule has 0 N–H and O–H groups in total. The molecule has 21 heavy (non-hydrogen) atoms. The molecule has 0 nitrogen and oxygen atoms in total. The van der Waals surface area contributed by atoms with Crippen molar-refractivity contribution in [1.82, 2.24) is 0 Å². The standard InChI is InChI=1S/C18H17.2ClH.Zr/c1-2-7-14-12-16-10-6-11-17(18(16)13-14)15-8-4-3-5-9-15;;;/h3-6,8-13H,2,7H2,1H3;2*1H;/q-1;;;+2/p-2. The van der Waals surface area contributed by atoms with Gasteiger partial charge in [0.1, 0.15) is 0 Å². The van der Waals surface area contributed by atoms with Crippen LogP contribution in [-0.4, -0.2) is 0 Å². The fraction of sp³-hybridized carbons (Fsp3) is 0.167. The Balaban J connectivity index is 0.000000497. The number of benzene rings is 2. The van der Waals surface area contributed by atoms with Crippen molar-refractivity contribution in [2.24, 2.45) is 0 Å². The van der Waals surface area contributed by atoms with Crippen molar-refractivity contribution in [3.8, 4) is 11.1 Å². The van der Waals surface area contributed by atoms with Gasteiger partial charge in [-0.1, -0.05) is 55.3 Å². The molecule has 0 bridgehead atoms. The summed E-state index contributed by atoms with van der Waals surface area (Å²) in [6.45, 7) is 2.23. The summed E-state index contributed by atoms with van der Waals surface area (Å²) >= 11 is -0.826. The SMILES string of the molecule is CCCc1cc2c(-c3ccccc3)cccc2[cH-]1.[Cl][Zr][Cl]. The molecule has 0 saturated heterocycles. The Hall–Kier alpha value is -0.487. The third kappa shape index (κ3) is 4.49. The Morgan fingerprint density at radius 3 is 2.38 bits per heavy atom. The van der Waals surface area contributed by atoms with Crippen LogP contribution in [0.2, 0.25) is 0 Å². The summed E-state index contributed by atoms with van der Waals surface area (Å²) in [5.41, 5.74) is 4.10. The van der Waals surface area contributed by atoms with Crippen LogP contribution in [0.5, 0.6) is 0 Å². The summed E-state index contributed by atoms with van der Waals surface area (Å²) in [6, 6.07) is 21.9. The Bertz CT molecular complexity index is 674. The number of fused-ring (bicyclic) bond motifs is 1. The quantitative estimate of drug-likeness (QED) is 0.441. The molecule has 108 valence electrons. The van der Waals surface area contributed by atoms with Gasteiger partial charge in [-0.2, -0.15) is 6.07 Å². The van der Waals surface area contributed by atoms with E-state index in [1.807, 2.05) is 0 Å². The normalized spacial score (nSPS) is 10.0. The molecule has 0 aliphatic heterocycles. The maximum absolute atomic E-state index is 4.93. The van der Waals surface area contributed by atoms with Gasteiger partial charge in [0.2, 0.25) is 0 Å². The van der Waals surface area contributed by atoms with Crippen LogP contribution < -0.4 is 0 Å². The fourth-order valence-electron chi connectivity index (χ4n) is 2.60. The molecule has 3 heteroatoms. The van der Waals surface area contributed by atoms with Crippen LogP contribution in [-0.2, 0) is 27.3 Å². The molecule has 0 aliphatic carbocycles. The van der Waals surface area contributed by atoms with Gasteiger partial charge >= 0.3 is 37.9 Å². The van der Waals surface area contributed by atoms with Gasteiger partial charge in [-0.05, 0) is 12.0 Å². The van der Waals surface area contributed by atoms with Crippen LogP contribution >= 0.6 is 17.0 Å². The Labute approximate surface area is 145 Å². The third-order valence-electron chi connectivity index (χ3n) is 3.43. The van der Waals surface area contributed by atoms with Crippen LogP contribution in [0.3, 0.4) is 0 Å². The molecule has 0 atom stereocenters. The zero-order valence-electron chi connectivity index (χ0n) is 11.9. The number of aryl methyl sites for hydroxylation is 1. The van der Waals surface area contributed by atoms with Gasteiger partial charge < -0.3 is 0 Å². The van der Waals surface area contributed by atoms with E-state index in [1.54, 1.807) is 0 Å². The molecule has 0 fully saturated rings. The van der Waals surface area contributed by atoms with E-state index in [2.05, 4.69) is 67.6 Å². The molecule has 3 aromatic rings. The van der Waals surface area contributed by atoms with Gasteiger partial charge in [-0.15, -0.1) is 34.5 Å². The van der Waals surface area contributed by atoms with E-state index in [-0.39, 0.29) is 0 Å². The molecule has 0 amide bonds. The second-order valence-electron chi connectivity index (χ2n) is 4.86. The first kappa shape index (κ1) is 16.9. The third-order valence-corrected chi connectivity index (χ3v) is 3.43. The molecule has 0 radical (unpaired) electrons. The van der Waals surface area contributed by atoms with E-state index in [4.69, 9.17) is 17.0 Å². The van der Waals surface area contributed by atoms with Gasteiger partial charge in [0.25, 0.3) is 0 Å². The predicted molar refractivity (Wildman–Crippen MR) is 90.7 cm³/mol. The van der Waals surface area contributed by atoms with Crippen molar-refractivity contribution in [2.75, 3.05) is 0 Å². The van der Waals surface area contributed by atoms with Crippen LogP contribution in [0.15, 0.2) is 60.7 Å². The van der Waals surface area contributed by atoms with Crippen LogP contribution in [0.1, 0.15) is 18.9 Å². The summed E-state index contributed by atoms with van der Waals surface area (Å²) in [7, 11) is 9.87. The molecule has 3 rings (SSSR count). The molecular weight excluding hydrogens is 378 g/mol. The summed E-state index contributed by atoms with van der Waals surface area (Å²) in [4.78, 5) is 0. The van der Waals surface area contributed by atoms with Gasteiger partial charge in [0, 0.05) is 0 Å². The monoisotopic (exact) mass is 393 g/mol. The number of hydrogen-bond donors (Lipinski definition) is 0. The topological polar surface area (TPSA) is 0 Å².